The van der Waals surface area contributed by atoms with E-state index in [1.54, 1.807) is 42.3 Å². The van der Waals surface area contributed by atoms with Crippen LogP contribution in [0.5, 0.6) is 5.75 Å². The minimum absolute atomic E-state index is 0.0877. The number of anilines is 1. The molecule has 6 rings (SSSR count). The minimum atomic E-state index is -1.04. The van der Waals surface area contributed by atoms with Gasteiger partial charge in [-0.3, -0.25) is 14.4 Å². The van der Waals surface area contributed by atoms with Gasteiger partial charge in [-0.1, -0.05) is 55.1 Å². The fourth-order valence-electron chi connectivity index (χ4n) is 7.19. The summed E-state index contributed by atoms with van der Waals surface area (Å²) in [5.41, 5.74) is 0.297. The van der Waals surface area contributed by atoms with Gasteiger partial charge in [0.2, 0.25) is 17.7 Å². The minimum Gasteiger partial charge on any atom is -0.497 e. The van der Waals surface area contributed by atoms with E-state index in [-0.39, 0.29) is 30.3 Å². The van der Waals surface area contributed by atoms with Gasteiger partial charge >= 0.3 is 0 Å². The number of hydrogen-bond donors (Lipinski definition) is 2. The molecule has 39 heavy (non-hydrogen) atoms. The molecule has 2 aromatic rings. The zero-order valence-corrected chi connectivity index (χ0v) is 22.8. The zero-order valence-electron chi connectivity index (χ0n) is 22.0. The largest absolute Gasteiger partial charge is 0.497 e. The van der Waals surface area contributed by atoms with E-state index in [0.29, 0.717) is 29.3 Å². The Morgan fingerprint density at radius 1 is 1.08 bits per heavy atom. The number of likely N-dealkylation sites (tertiary alicyclic amines) is 1. The number of nitrogens with one attached hydrogen (secondary N) is 2. The van der Waals surface area contributed by atoms with Crippen LogP contribution >= 0.6 is 11.6 Å². The van der Waals surface area contributed by atoms with Crippen LogP contribution in [0.15, 0.2) is 48.5 Å². The summed E-state index contributed by atoms with van der Waals surface area (Å²) in [6.07, 6.45) is 5.95. The van der Waals surface area contributed by atoms with Gasteiger partial charge in [-0.15, -0.1) is 0 Å². The lowest BCUT2D eigenvalue weighted by atomic mass is 9.70. The quantitative estimate of drug-likeness (QED) is 0.534. The van der Waals surface area contributed by atoms with Crippen LogP contribution in [0.4, 0.5) is 5.69 Å². The maximum atomic E-state index is 14.2. The molecule has 206 valence electrons. The Bertz CT molecular complexity index is 1280. The number of halogens is 1. The summed E-state index contributed by atoms with van der Waals surface area (Å²) in [7, 11) is 1.57. The first-order valence-electron chi connectivity index (χ1n) is 13.9. The van der Waals surface area contributed by atoms with Crippen LogP contribution < -0.4 is 15.4 Å². The van der Waals surface area contributed by atoms with E-state index >= 15 is 0 Å². The number of amides is 3. The van der Waals surface area contributed by atoms with E-state index in [9.17, 15) is 14.4 Å². The summed E-state index contributed by atoms with van der Waals surface area (Å²) in [4.78, 5) is 43.4. The molecule has 4 aliphatic rings. The van der Waals surface area contributed by atoms with Crippen LogP contribution in [-0.2, 0) is 25.7 Å². The van der Waals surface area contributed by atoms with Crippen molar-refractivity contribution < 1.29 is 23.9 Å². The van der Waals surface area contributed by atoms with Gasteiger partial charge in [-0.2, -0.15) is 0 Å². The predicted octanol–water partition coefficient (Wildman–Crippen LogP) is 4.31. The third-order valence-electron chi connectivity index (χ3n) is 8.94. The molecule has 3 saturated heterocycles. The number of ether oxygens (including phenoxy) is 2. The lowest BCUT2D eigenvalue weighted by molar-refractivity contribution is -0.142. The normalized spacial score (nSPS) is 29.8. The number of rotatable bonds is 7. The Morgan fingerprint density at radius 3 is 2.64 bits per heavy atom. The summed E-state index contributed by atoms with van der Waals surface area (Å²) < 4.78 is 11.8. The van der Waals surface area contributed by atoms with Gasteiger partial charge < -0.3 is 25.0 Å². The summed E-state index contributed by atoms with van der Waals surface area (Å²) in [6.45, 7) is 0.178. The number of hydrogen-bond acceptors (Lipinski definition) is 5. The van der Waals surface area contributed by atoms with Gasteiger partial charge in [0.1, 0.15) is 17.4 Å². The monoisotopic (exact) mass is 551 g/mol. The number of methoxy groups -OCH3 is 1. The molecule has 3 heterocycles. The third kappa shape index (κ3) is 4.57. The second-order valence-electron chi connectivity index (χ2n) is 11.2. The van der Waals surface area contributed by atoms with Crippen molar-refractivity contribution in [2.24, 2.45) is 11.8 Å². The van der Waals surface area contributed by atoms with Crippen molar-refractivity contribution in [1.29, 1.82) is 0 Å². The van der Waals surface area contributed by atoms with Crippen molar-refractivity contribution >= 4 is 35.0 Å². The van der Waals surface area contributed by atoms with Crippen LogP contribution in [-0.4, -0.2) is 53.5 Å². The Morgan fingerprint density at radius 2 is 1.87 bits per heavy atom. The third-order valence-corrected chi connectivity index (χ3v) is 9.31. The molecule has 0 aromatic heterocycles. The van der Waals surface area contributed by atoms with Gasteiger partial charge in [-0.25, -0.2) is 0 Å². The lowest BCUT2D eigenvalue weighted by Crippen LogP contribution is -2.56. The highest BCUT2D eigenvalue weighted by Crippen LogP contribution is 2.58. The molecule has 8 nitrogen and oxygen atoms in total. The summed E-state index contributed by atoms with van der Waals surface area (Å²) in [6, 6.07) is 13.7. The fourth-order valence-corrected chi connectivity index (χ4v) is 7.38. The molecule has 1 saturated carbocycles. The summed E-state index contributed by atoms with van der Waals surface area (Å²) in [5, 5.41) is 6.73. The van der Waals surface area contributed by atoms with Crippen molar-refractivity contribution in [1.82, 2.24) is 10.2 Å². The molecule has 3 amide bonds. The molecule has 3 aliphatic heterocycles. The Hall–Kier alpha value is -3.10. The van der Waals surface area contributed by atoms with Crippen LogP contribution in [0.25, 0.3) is 0 Å². The number of carbonyl (C=O) groups is 3. The molecule has 9 heteroatoms. The highest BCUT2D eigenvalue weighted by Gasteiger charge is 2.74. The van der Waals surface area contributed by atoms with E-state index < -0.39 is 29.6 Å². The fraction of sp³-hybridized carbons (Fsp3) is 0.500. The Kier molecular flexibility index (Phi) is 7.02. The first-order chi connectivity index (χ1) is 18.9. The average molecular weight is 552 g/mol. The molecule has 2 aromatic carbocycles. The first-order valence-corrected chi connectivity index (χ1v) is 14.3. The second kappa shape index (κ2) is 10.5. The predicted molar refractivity (Wildman–Crippen MR) is 146 cm³/mol. The highest BCUT2D eigenvalue weighted by molar-refractivity contribution is 6.31. The number of benzene rings is 2. The lowest BCUT2D eigenvalue weighted by Gasteiger charge is -2.35. The smallest absolute Gasteiger partial charge is 0.246 e. The molecule has 2 N–H and O–H groups in total. The average Bonchev–Trinajstić information content (AvgIpc) is 3.58. The van der Waals surface area contributed by atoms with Gasteiger partial charge in [0.25, 0.3) is 0 Å². The first kappa shape index (κ1) is 26.1. The van der Waals surface area contributed by atoms with Gasteiger partial charge in [0.15, 0.2) is 0 Å². The topological polar surface area (TPSA) is 97.0 Å². The van der Waals surface area contributed by atoms with Crippen LogP contribution in [0.2, 0.25) is 5.02 Å². The standard InChI is InChI=1S/C30H34ClN3O5/c1-38-21-12-7-11-20(16-21)33-27(35)24-23-14-15-30(39-23)25(24)29(37)34(17-18-8-5-6-13-22(18)31)26(30)28(36)32-19-9-3-2-4-10-19/h5-8,11-13,16,19,23-26H,2-4,9-10,14-15,17H2,1H3,(H,32,36)(H,33,35). The molecule has 1 aliphatic carbocycles. The maximum absolute atomic E-state index is 14.2. The van der Waals surface area contributed by atoms with Crippen LogP contribution in [0.3, 0.4) is 0 Å². The van der Waals surface area contributed by atoms with Crippen LogP contribution in [0, 0.1) is 11.8 Å². The summed E-state index contributed by atoms with van der Waals surface area (Å²) in [5.74, 6) is -1.52. The SMILES string of the molecule is COc1cccc(NC(=O)C2C3CCC4(O3)C2C(=O)N(Cc2ccccc2Cl)C4C(=O)NC2CCCCC2)c1. The maximum Gasteiger partial charge on any atom is 0.246 e. The molecule has 2 bridgehead atoms. The van der Waals surface area contributed by atoms with E-state index in [1.165, 1.54) is 6.42 Å². The molecule has 5 atom stereocenters. The van der Waals surface area contributed by atoms with E-state index in [4.69, 9.17) is 21.1 Å². The van der Waals surface area contributed by atoms with Crippen molar-refractivity contribution in [2.45, 2.75) is 75.3 Å². The van der Waals surface area contributed by atoms with Crippen molar-refractivity contribution in [2.75, 3.05) is 12.4 Å². The van der Waals surface area contributed by atoms with E-state index in [1.807, 2.05) is 18.2 Å². The van der Waals surface area contributed by atoms with Crippen molar-refractivity contribution in [3.63, 3.8) is 0 Å². The Balaban J connectivity index is 1.32. The van der Waals surface area contributed by atoms with Crippen LogP contribution in [0.1, 0.15) is 50.5 Å². The van der Waals surface area contributed by atoms with Crippen molar-refractivity contribution in [3.8, 4) is 5.75 Å². The molecular formula is C30H34ClN3O5. The number of fused-ring (bicyclic) bond motifs is 1. The molecule has 0 radical (unpaired) electrons. The molecule has 5 unspecified atom stereocenters. The number of nitrogens with zero attached hydrogens (tertiary/aromatic N) is 1. The van der Waals surface area contributed by atoms with Gasteiger partial charge in [0, 0.05) is 29.4 Å². The molecular weight excluding hydrogens is 518 g/mol. The zero-order chi connectivity index (χ0) is 27.1. The molecule has 4 fully saturated rings. The van der Waals surface area contributed by atoms with Gasteiger partial charge in [-0.05, 0) is 49.4 Å². The Labute approximate surface area is 233 Å². The number of carbonyl (C=O) groups excluding carboxylic acids is 3. The second-order valence-corrected chi connectivity index (χ2v) is 11.6. The summed E-state index contributed by atoms with van der Waals surface area (Å²) >= 11 is 6.48. The van der Waals surface area contributed by atoms with E-state index in [2.05, 4.69) is 10.6 Å². The van der Waals surface area contributed by atoms with Gasteiger partial charge in [0.05, 0.1) is 25.0 Å². The molecule has 1 spiro atoms. The highest BCUT2D eigenvalue weighted by atomic mass is 35.5. The van der Waals surface area contributed by atoms with E-state index in [0.717, 1.165) is 31.2 Å². The van der Waals surface area contributed by atoms with Crippen molar-refractivity contribution in [3.05, 3.63) is 59.1 Å².